The Morgan fingerprint density at radius 1 is 1.26 bits per heavy atom. The minimum atomic E-state index is 0.00411. The van der Waals surface area contributed by atoms with Gasteiger partial charge in [-0.25, -0.2) is 0 Å². The van der Waals surface area contributed by atoms with Crippen molar-refractivity contribution < 1.29 is 14.6 Å². The lowest BCUT2D eigenvalue weighted by atomic mass is 10.00. The molecule has 0 saturated heterocycles. The van der Waals surface area contributed by atoms with E-state index >= 15 is 0 Å². The van der Waals surface area contributed by atoms with Crippen molar-refractivity contribution in [3.05, 3.63) is 29.8 Å². The minimum Gasteiger partial charge on any atom is -0.490 e. The summed E-state index contributed by atoms with van der Waals surface area (Å²) in [6, 6.07) is 5.98. The van der Waals surface area contributed by atoms with Crippen LogP contribution >= 0.6 is 0 Å². The van der Waals surface area contributed by atoms with E-state index < -0.39 is 0 Å². The Balaban J connectivity index is 2.21. The maximum Gasteiger partial charge on any atom is 0.161 e. The Morgan fingerprint density at radius 3 is 2.84 bits per heavy atom. The summed E-state index contributed by atoms with van der Waals surface area (Å²) < 4.78 is 11.1. The molecule has 2 N–H and O–H groups in total. The van der Waals surface area contributed by atoms with Gasteiger partial charge in [0.15, 0.2) is 11.5 Å². The SMILES string of the molecule is CCOc1cc(C2=CCNCC2)ccc1OCCO. The van der Waals surface area contributed by atoms with Gasteiger partial charge in [0.25, 0.3) is 0 Å². The number of hydrogen-bond donors (Lipinski definition) is 2. The van der Waals surface area contributed by atoms with Gasteiger partial charge in [-0.15, -0.1) is 0 Å². The fourth-order valence-electron chi connectivity index (χ4n) is 2.14. The molecule has 19 heavy (non-hydrogen) atoms. The fraction of sp³-hybridized carbons (Fsp3) is 0.467. The summed E-state index contributed by atoms with van der Waals surface area (Å²) in [6.45, 7) is 4.77. The van der Waals surface area contributed by atoms with E-state index in [0.29, 0.717) is 12.4 Å². The predicted molar refractivity (Wildman–Crippen MR) is 75.7 cm³/mol. The van der Waals surface area contributed by atoms with Crippen molar-refractivity contribution in [2.45, 2.75) is 13.3 Å². The van der Waals surface area contributed by atoms with Crippen molar-refractivity contribution >= 4 is 5.57 Å². The molecule has 1 aromatic rings. The van der Waals surface area contributed by atoms with Gasteiger partial charge in [-0.1, -0.05) is 12.1 Å². The van der Waals surface area contributed by atoms with E-state index in [-0.39, 0.29) is 13.2 Å². The Kier molecular flexibility index (Phi) is 5.24. The fourth-order valence-corrected chi connectivity index (χ4v) is 2.14. The number of ether oxygens (including phenoxy) is 2. The largest absolute Gasteiger partial charge is 0.490 e. The molecule has 0 atom stereocenters. The molecule has 0 unspecified atom stereocenters. The normalized spacial score (nSPS) is 14.9. The molecular formula is C15H21NO3. The predicted octanol–water partition coefficient (Wildman–Crippen LogP) is 1.83. The van der Waals surface area contributed by atoms with Crippen molar-refractivity contribution in [2.24, 2.45) is 0 Å². The average molecular weight is 263 g/mol. The van der Waals surface area contributed by atoms with E-state index in [9.17, 15) is 0 Å². The highest BCUT2D eigenvalue weighted by molar-refractivity contribution is 5.69. The number of rotatable bonds is 6. The molecule has 1 aliphatic rings. The summed E-state index contributed by atoms with van der Waals surface area (Å²) in [5.41, 5.74) is 2.52. The maximum absolute atomic E-state index is 8.82. The highest BCUT2D eigenvalue weighted by Crippen LogP contribution is 2.32. The third kappa shape index (κ3) is 3.72. The first kappa shape index (κ1) is 13.9. The maximum atomic E-state index is 8.82. The van der Waals surface area contributed by atoms with E-state index in [1.54, 1.807) is 0 Å². The molecule has 4 nitrogen and oxygen atoms in total. The van der Waals surface area contributed by atoms with Crippen LogP contribution in [0.25, 0.3) is 5.57 Å². The highest BCUT2D eigenvalue weighted by Gasteiger charge is 2.10. The number of aliphatic hydroxyl groups excluding tert-OH is 1. The van der Waals surface area contributed by atoms with Gasteiger partial charge in [0.1, 0.15) is 6.61 Å². The van der Waals surface area contributed by atoms with Crippen LogP contribution in [0.2, 0.25) is 0 Å². The highest BCUT2D eigenvalue weighted by atomic mass is 16.5. The third-order valence-corrected chi connectivity index (χ3v) is 3.03. The molecule has 1 heterocycles. The Hall–Kier alpha value is -1.52. The summed E-state index contributed by atoms with van der Waals surface area (Å²) in [5.74, 6) is 1.43. The van der Waals surface area contributed by atoms with Crippen molar-refractivity contribution in [3.8, 4) is 11.5 Å². The second kappa shape index (κ2) is 7.16. The first-order valence-electron chi connectivity index (χ1n) is 6.75. The summed E-state index contributed by atoms with van der Waals surface area (Å²) in [5, 5.41) is 12.1. The monoisotopic (exact) mass is 263 g/mol. The number of benzene rings is 1. The van der Waals surface area contributed by atoms with Crippen molar-refractivity contribution in [1.82, 2.24) is 5.32 Å². The molecule has 4 heteroatoms. The molecule has 1 aliphatic heterocycles. The van der Waals surface area contributed by atoms with Crippen LogP contribution in [-0.2, 0) is 0 Å². The molecule has 0 amide bonds. The molecule has 0 bridgehead atoms. The summed E-state index contributed by atoms with van der Waals surface area (Å²) in [6.07, 6.45) is 3.24. The molecule has 0 fully saturated rings. The van der Waals surface area contributed by atoms with Gasteiger partial charge in [0, 0.05) is 6.54 Å². The van der Waals surface area contributed by atoms with Gasteiger partial charge in [0.05, 0.1) is 13.2 Å². The van der Waals surface area contributed by atoms with Crippen LogP contribution in [0.15, 0.2) is 24.3 Å². The van der Waals surface area contributed by atoms with E-state index in [0.717, 1.165) is 25.3 Å². The topological polar surface area (TPSA) is 50.7 Å². The van der Waals surface area contributed by atoms with Crippen molar-refractivity contribution in [2.75, 3.05) is 32.9 Å². The molecular weight excluding hydrogens is 242 g/mol. The number of nitrogens with one attached hydrogen (secondary N) is 1. The van der Waals surface area contributed by atoms with Crippen LogP contribution < -0.4 is 14.8 Å². The quantitative estimate of drug-likeness (QED) is 0.822. The van der Waals surface area contributed by atoms with Crippen LogP contribution in [0, 0.1) is 0 Å². The van der Waals surface area contributed by atoms with Crippen LogP contribution in [0.3, 0.4) is 0 Å². The molecule has 0 spiro atoms. The zero-order valence-electron chi connectivity index (χ0n) is 11.3. The lowest BCUT2D eigenvalue weighted by Gasteiger charge is -2.17. The van der Waals surface area contributed by atoms with E-state index in [2.05, 4.69) is 11.4 Å². The average Bonchev–Trinajstić information content (AvgIpc) is 2.47. The van der Waals surface area contributed by atoms with Crippen LogP contribution in [-0.4, -0.2) is 38.0 Å². The standard InChI is InChI=1S/C15H21NO3/c1-2-18-15-11-13(12-5-7-16-8-6-12)3-4-14(15)19-10-9-17/h3-5,11,16-17H,2,6-10H2,1H3. The number of hydrogen-bond acceptors (Lipinski definition) is 4. The van der Waals surface area contributed by atoms with E-state index in [4.69, 9.17) is 14.6 Å². The zero-order chi connectivity index (χ0) is 13.5. The smallest absolute Gasteiger partial charge is 0.161 e. The molecule has 0 saturated carbocycles. The van der Waals surface area contributed by atoms with Crippen LogP contribution in [0.5, 0.6) is 11.5 Å². The third-order valence-electron chi connectivity index (χ3n) is 3.03. The number of aliphatic hydroxyl groups is 1. The Bertz CT molecular complexity index is 443. The first-order valence-corrected chi connectivity index (χ1v) is 6.75. The lowest BCUT2D eigenvalue weighted by molar-refractivity contribution is 0.194. The van der Waals surface area contributed by atoms with E-state index in [1.807, 2.05) is 25.1 Å². The van der Waals surface area contributed by atoms with Gasteiger partial charge in [0.2, 0.25) is 0 Å². The molecule has 0 radical (unpaired) electrons. The van der Waals surface area contributed by atoms with Crippen molar-refractivity contribution in [3.63, 3.8) is 0 Å². The van der Waals surface area contributed by atoms with Gasteiger partial charge in [-0.05, 0) is 43.2 Å². The molecule has 1 aromatic carbocycles. The second-order valence-electron chi connectivity index (χ2n) is 4.35. The van der Waals surface area contributed by atoms with Crippen LogP contribution in [0.4, 0.5) is 0 Å². The molecule has 2 rings (SSSR count). The van der Waals surface area contributed by atoms with Gasteiger partial charge in [-0.3, -0.25) is 0 Å². The summed E-state index contributed by atoms with van der Waals surface area (Å²) in [4.78, 5) is 0. The van der Waals surface area contributed by atoms with Crippen molar-refractivity contribution in [1.29, 1.82) is 0 Å². The molecule has 0 aromatic heterocycles. The minimum absolute atomic E-state index is 0.00411. The van der Waals surface area contributed by atoms with Crippen LogP contribution in [0.1, 0.15) is 18.9 Å². The zero-order valence-corrected chi connectivity index (χ0v) is 11.3. The molecule has 0 aliphatic carbocycles. The Labute approximate surface area is 114 Å². The summed E-state index contributed by atoms with van der Waals surface area (Å²) >= 11 is 0. The lowest BCUT2D eigenvalue weighted by Crippen LogP contribution is -2.20. The second-order valence-corrected chi connectivity index (χ2v) is 4.35. The van der Waals surface area contributed by atoms with Gasteiger partial charge in [-0.2, -0.15) is 0 Å². The summed E-state index contributed by atoms with van der Waals surface area (Å²) in [7, 11) is 0. The molecule has 104 valence electrons. The first-order chi connectivity index (χ1) is 9.35. The Morgan fingerprint density at radius 2 is 2.16 bits per heavy atom. The van der Waals surface area contributed by atoms with Gasteiger partial charge < -0.3 is 19.9 Å². The van der Waals surface area contributed by atoms with E-state index in [1.165, 1.54) is 11.1 Å². The van der Waals surface area contributed by atoms with Gasteiger partial charge >= 0.3 is 0 Å².